The first-order valence-electron chi connectivity index (χ1n) is 10.6. The molecule has 3 N–H and O–H groups in total. The maximum atomic E-state index is 6.06. The number of benzene rings is 1. The number of nitrogens with two attached hydrogens (primary N) is 1. The number of para-hydroxylation sites is 1. The van der Waals surface area contributed by atoms with Crippen molar-refractivity contribution >= 4 is 0 Å². The van der Waals surface area contributed by atoms with Crippen LogP contribution >= 0.6 is 0 Å². The molecule has 27 heavy (non-hydrogen) atoms. The van der Waals surface area contributed by atoms with Gasteiger partial charge in [0.25, 0.3) is 0 Å². The molecule has 0 saturated carbocycles. The van der Waals surface area contributed by atoms with Gasteiger partial charge in [-0.25, -0.2) is 0 Å². The topological polar surface area (TPSA) is 48.7 Å². The molecule has 0 amide bonds. The molecule has 0 radical (unpaired) electrons. The zero-order valence-electron chi connectivity index (χ0n) is 17.4. The minimum atomic E-state index is -0.0863. The summed E-state index contributed by atoms with van der Waals surface area (Å²) in [6.45, 7) is 13.0. The third-order valence-corrected chi connectivity index (χ3v) is 6.24. The zero-order valence-corrected chi connectivity index (χ0v) is 17.4. The van der Waals surface area contributed by atoms with Crippen molar-refractivity contribution < 1.29 is 24.4 Å². The van der Waals surface area contributed by atoms with Crippen LogP contribution in [-0.2, 0) is 14.9 Å². The van der Waals surface area contributed by atoms with Crippen LogP contribution in [0.3, 0.4) is 0 Å². The van der Waals surface area contributed by atoms with Gasteiger partial charge in [0, 0.05) is 24.0 Å². The highest BCUT2D eigenvalue weighted by Crippen LogP contribution is 2.46. The fourth-order valence-corrected chi connectivity index (χ4v) is 4.88. The summed E-state index contributed by atoms with van der Waals surface area (Å²) in [5.74, 6) is 1.02. The third kappa shape index (κ3) is 5.44. The second-order valence-electron chi connectivity index (χ2n) is 8.74. The van der Waals surface area contributed by atoms with Crippen molar-refractivity contribution in [2.45, 2.75) is 44.1 Å². The van der Waals surface area contributed by atoms with Crippen LogP contribution in [0, 0.1) is 0 Å². The van der Waals surface area contributed by atoms with Crippen molar-refractivity contribution in [3.63, 3.8) is 0 Å². The monoisotopic (exact) mass is 378 g/mol. The highest BCUT2D eigenvalue weighted by Gasteiger charge is 2.43. The van der Waals surface area contributed by atoms with E-state index in [9.17, 15) is 0 Å². The molecule has 3 rings (SSSR count). The van der Waals surface area contributed by atoms with E-state index < -0.39 is 0 Å². The van der Waals surface area contributed by atoms with Gasteiger partial charge in [0.05, 0.1) is 32.5 Å². The Kier molecular flexibility index (Phi) is 7.15. The summed E-state index contributed by atoms with van der Waals surface area (Å²) in [6.07, 6.45) is 3.28. The van der Waals surface area contributed by atoms with E-state index in [1.807, 2.05) is 0 Å². The molecule has 0 unspecified atom stereocenters. The van der Waals surface area contributed by atoms with Crippen LogP contribution in [0.2, 0.25) is 0 Å². The van der Waals surface area contributed by atoms with Gasteiger partial charge >= 0.3 is 0 Å². The predicted molar refractivity (Wildman–Crippen MR) is 107 cm³/mol. The van der Waals surface area contributed by atoms with E-state index in [1.165, 1.54) is 25.1 Å². The molecule has 1 atom stereocenters. The molecule has 2 heterocycles. The van der Waals surface area contributed by atoms with Crippen molar-refractivity contribution in [1.82, 2.24) is 0 Å². The lowest BCUT2D eigenvalue weighted by Crippen LogP contribution is -3.16. The SMILES string of the molecule is COc1ccccc1[C@]1(CC[NH2+]CC[NH+]2CCOCC2)CCOC(C)(C)C1. The van der Waals surface area contributed by atoms with Gasteiger partial charge in [-0.1, -0.05) is 18.2 Å². The summed E-state index contributed by atoms with van der Waals surface area (Å²) in [5.41, 5.74) is 1.41. The molecule has 1 aromatic carbocycles. The van der Waals surface area contributed by atoms with Gasteiger partial charge in [-0.05, 0) is 32.8 Å². The Hall–Kier alpha value is -1.14. The van der Waals surface area contributed by atoms with Gasteiger partial charge in [-0.2, -0.15) is 0 Å². The molecule has 2 aliphatic rings. The Bertz CT molecular complexity index is 587. The lowest BCUT2D eigenvalue weighted by Gasteiger charge is -2.45. The smallest absolute Gasteiger partial charge is 0.127 e. The molecule has 152 valence electrons. The highest BCUT2D eigenvalue weighted by molar-refractivity contribution is 5.40. The van der Waals surface area contributed by atoms with E-state index >= 15 is 0 Å². The molecular weight excluding hydrogens is 340 g/mol. The number of hydrogen-bond donors (Lipinski definition) is 2. The number of methoxy groups -OCH3 is 1. The number of ether oxygens (including phenoxy) is 3. The Morgan fingerprint density at radius 2 is 1.89 bits per heavy atom. The fraction of sp³-hybridized carbons (Fsp3) is 0.727. The Labute approximate surface area is 164 Å². The number of hydrogen-bond acceptors (Lipinski definition) is 3. The average molecular weight is 379 g/mol. The summed E-state index contributed by atoms with van der Waals surface area (Å²) < 4.78 is 17.2. The van der Waals surface area contributed by atoms with Crippen LogP contribution in [0.25, 0.3) is 0 Å². The quantitative estimate of drug-likeness (QED) is 0.644. The molecule has 2 aliphatic heterocycles. The van der Waals surface area contributed by atoms with Crippen LogP contribution in [0.5, 0.6) is 5.75 Å². The third-order valence-electron chi connectivity index (χ3n) is 6.24. The molecule has 0 aromatic heterocycles. The van der Waals surface area contributed by atoms with E-state index in [2.05, 4.69) is 43.4 Å². The standard InChI is InChI=1S/C22H36N2O3/c1-21(2)18-22(9-15-27-21,19-6-4-5-7-20(19)25-3)8-10-23-11-12-24-13-16-26-17-14-24/h4-7,23H,8-18H2,1-3H3/p+2/t22-/m1/s1. The summed E-state index contributed by atoms with van der Waals surface area (Å²) in [6, 6.07) is 8.58. The lowest BCUT2D eigenvalue weighted by atomic mass is 9.67. The molecule has 0 spiro atoms. The second-order valence-corrected chi connectivity index (χ2v) is 8.74. The van der Waals surface area contributed by atoms with Crippen LogP contribution in [0.15, 0.2) is 24.3 Å². The van der Waals surface area contributed by atoms with Gasteiger partial charge in [0.1, 0.15) is 31.9 Å². The molecule has 1 aromatic rings. The van der Waals surface area contributed by atoms with Crippen LogP contribution in [0.1, 0.15) is 38.7 Å². The van der Waals surface area contributed by atoms with E-state index in [1.54, 1.807) is 12.0 Å². The number of nitrogens with one attached hydrogen (secondary N) is 1. The van der Waals surface area contributed by atoms with Gasteiger partial charge in [-0.3, -0.25) is 0 Å². The molecule has 5 nitrogen and oxygen atoms in total. The molecule has 2 saturated heterocycles. The fourth-order valence-electron chi connectivity index (χ4n) is 4.88. The van der Waals surface area contributed by atoms with Crippen molar-refractivity contribution in [2.24, 2.45) is 0 Å². The van der Waals surface area contributed by atoms with Crippen molar-refractivity contribution in [2.75, 3.05) is 59.7 Å². The predicted octanol–water partition coefficient (Wildman–Crippen LogP) is 0.391. The first kappa shape index (κ1) is 20.6. The molecule has 0 bridgehead atoms. The van der Waals surface area contributed by atoms with Gasteiger partial charge in [-0.15, -0.1) is 0 Å². The number of quaternary nitrogens is 2. The summed E-state index contributed by atoms with van der Waals surface area (Å²) >= 11 is 0. The first-order chi connectivity index (χ1) is 13.0. The lowest BCUT2D eigenvalue weighted by molar-refractivity contribution is -0.919. The minimum absolute atomic E-state index is 0.0863. The summed E-state index contributed by atoms with van der Waals surface area (Å²) in [4.78, 5) is 1.68. The Morgan fingerprint density at radius 3 is 2.63 bits per heavy atom. The molecule has 2 fully saturated rings. The molecule has 0 aliphatic carbocycles. The first-order valence-corrected chi connectivity index (χ1v) is 10.6. The number of morpholine rings is 1. The van der Waals surface area contributed by atoms with Crippen LogP contribution in [-0.4, -0.2) is 65.3 Å². The van der Waals surface area contributed by atoms with Crippen molar-refractivity contribution in [3.8, 4) is 5.75 Å². The van der Waals surface area contributed by atoms with E-state index in [0.717, 1.165) is 58.0 Å². The highest BCUT2D eigenvalue weighted by atomic mass is 16.5. The zero-order chi connectivity index (χ0) is 19.2. The Morgan fingerprint density at radius 1 is 1.11 bits per heavy atom. The normalized spacial score (nSPS) is 26.0. The largest absolute Gasteiger partial charge is 0.496 e. The van der Waals surface area contributed by atoms with Crippen LogP contribution < -0.4 is 15.0 Å². The Balaban J connectivity index is 1.62. The van der Waals surface area contributed by atoms with Gasteiger partial charge < -0.3 is 24.4 Å². The van der Waals surface area contributed by atoms with Gasteiger partial charge in [0.2, 0.25) is 0 Å². The van der Waals surface area contributed by atoms with Gasteiger partial charge in [0.15, 0.2) is 0 Å². The van der Waals surface area contributed by atoms with E-state index in [0.29, 0.717) is 0 Å². The maximum absolute atomic E-state index is 6.06. The summed E-state index contributed by atoms with van der Waals surface area (Å²) in [5, 5.41) is 2.50. The maximum Gasteiger partial charge on any atom is 0.127 e. The van der Waals surface area contributed by atoms with Crippen molar-refractivity contribution in [1.29, 1.82) is 0 Å². The minimum Gasteiger partial charge on any atom is -0.496 e. The average Bonchev–Trinajstić information content (AvgIpc) is 2.68. The second kappa shape index (κ2) is 9.37. The molecular formula is C22H38N2O3+2. The summed E-state index contributed by atoms with van der Waals surface area (Å²) in [7, 11) is 1.79. The number of rotatable bonds is 8. The van der Waals surface area contributed by atoms with Crippen LogP contribution in [0.4, 0.5) is 0 Å². The van der Waals surface area contributed by atoms with E-state index in [-0.39, 0.29) is 11.0 Å². The van der Waals surface area contributed by atoms with E-state index in [4.69, 9.17) is 14.2 Å². The van der Waals surface area contributed by atoms with Crippen molar-refractivity contribution in [3.05, 3.63) is 29.8 Å². The molecule has 5 heteroatoms.